The lowest BCUT2D eigenvalue weighted by Crippen LogP contribution is -2.05. The average Bonchev–Trinajstić information content (AvgIpc) is 2.61. The van der Waals surface area contributed by atoms with Crippen LogP contribution < -0.4 is 5.73 Å². The summed E-state index contributed by atoms with van der Waals surface area (Å²) < 4.78 is 1.94. The standard InChI is InChI=1S/C14H18ClN3/c1-9-4-5-12(8-14(9)15)18-11(3)13(6-7-16)10(2)17-18/h4-5,8H,6-7,16H2,1-3H3. The van der Waals surface area contributed by atoms with Crippen LogP contribution in [0, 0.1) is 20.8 Å². The van der Waals surface area contributed by atoms with E-state index >= 15 is 0 Å². The highest BCUT2D eigenvalue weighted by atomic mass is 35.5. The van der Waals surface area contributed by atoms with Crippen LogP contribution in [-0.4, -0.2) is 16.3 Å². The van der Waals surface area contributed by atoms with Gasteiger partial charge in [0.05, 0.1) is 11.4 Å². The highest BCUT2D eigenvalue weighted by molar-refractivity contribution is 6.31. The molecule has 0 saturated carbocycles. The molecule has 0 atom stereocenters. The number of benzene rings is 1. The molecule has 0 unspecified atom stereocenters. The molecule has 1 heterocycles. The Hall–Kier alpha value is -1.32. The van der Waals surface area contributed by atoms with Gasteiger partial charge in [-0.1, -0.05) is 17.7 Å². The van der Waals surface area contributed by atoms with Crippen molar-refractivity contribution in [1.82, 2.24) is 9.78 Å². The first kappa shape index (κ1) is 13.1. The summed E-state index contributed by atoms with van der Waals surface area (Å²) in [5.74, 6) is 0. The second kappa shape index (κ2) is 5.12. The van der Waals surface area contributed by atoms with Crippen LogP contribution in [0.3, 0.4) is 0 Å². The van der Waals surface area contributed by atoms with Crippen LogP contribution in [0.1, 0.15) is 22.5 Å². The predicted molar refractivity (Wildman–Crippen MR) is 75.5 cm³/mol. The van der Waals surface area contributed by atoms with Gasteiger partial charge in [0.2, 0.25) is 0 Å². The monoisotopic (exact) mass is 263 g/mol. The van der Waals surface area contributed by atoms with Gasteiger partial charge >= 0.3 is 0 Å². The van der Waals surface area contributed by atoms with Crippen molar-refractivity contribution in [3.8, 4) is 5.69 Å². The van der Waals surface area contributed by atoms with Crippen LogP contribution >= 0.6 is 11.6 Å². The Labute approximate surface area is 113 Å². The number of halogens is 1. The molecule has 1 aromatic carbocycles. The molecule has 0 saturated heterocycles. The van der Waals surface area contributed by atoms with Gasteiger partial charge in [-0.05, 0) is 57.0 Å². The number of hydrogen-bond donors (Lipinski definition) is 1. The van der Waals surface area contributed by atoms with Crippen LogP contribution in [-0.2, 0) is 6.42 Å². The molecule has 0 aliphatic carbocycles. The van der Waals surface area contributed by atoms with Crippen LogP contribution in [0.15, 0.2) is 18.2 Å². The molecule has 0 aliphatic rings. The second-order valence-electron chi connectivity index (χ2n) is 4.53. The van der Waals surface area contributed by atoms with Gasteiger partial charge in [-0.25, -0.2) is 4.68 Å². The van der Waals surface area contributed by atoms with E-state index in [0.29, 0.717) is 6.54 Å². The van der Waals surface area contributed by atoms with Gasteiger partial charge in [0.25, 0.3) is 0 Å². The van der Waals surface area contributed by atoms with Crippen molar-refractivity contribution in [2.45, 2.75) is 27.2 Å². The topological polar surface area (TPSA) is 43.8 Å². The lowest BCUT2D eigenvalue weighted by atomic mass is 10.1. The molecule has 0 amide bonds. The maximum atomic E-state index is 6.16. The molecule has 0 bridgehead atoms. The lowest BCUT2D eigenvalue weighted by molar-refractivity contribution is 0.831. The Balaban J connectivity index is 2.50. The minimum atomic E-state index is 0.641. The number of aryl methyl sites for hydroxylation is 2. The van der Waals surface area contributed by atoms with Crippen molar-refractivity contribution in [2.24, 2.45) is 5.73 Å². The highest BCUT2D eigenvalue weighted by Crippen LogP contribution is 2.22. The SMILES string of the molecule is Cc1ccc(-n2nc(C)c(CCN)c2C)cc1Cl. The predicted octanol–water partition coefficient (Wildman–Crippen LogP) is 2.95. The summed E-state index contributed by atoms with van der Waals surface area (Å²) in [7, 11) is 0. The average molecular weight is 264 g/mol. The molecule has 0 radical (unpaired) electrons. The molecule has 2 N–H and O–H groups in total. The van der Waals surface area contributed by atoms with Gasteiger partial charge in [0, 0.05) is 10.7 Å². The molecule has 18 heavy (non-hydrogen) atoms. The summed E-state index contributed by atoms with van der Waals surface area (Å²) in [6.45, 7) is 6.72. The first-order chi connectivity index (χ1) is 8.54. The van der Waals surface area contributed by atoms with Gasteiger partial charge < -0.3 is 5.73 Å². The summed E-state index contributed by atoms with van der Waals surface area (Å²) in [5.41, 5.74) is 11.1. The maximum absolute atomic E-state index is 6.16. The van der Waals surface area contributed by atoms with Gasteiger partial charge in [-0.3, -0.25) is 0 Å². The van der Waals surface area contributed by atoms with Gasteiger partial charge in [0.15, 0.2) is 0 Å². The number of nitrogens with two attached hydrogens (primary N) is 1. The first-order valence-corrected chi connectivity index (χ1v) is 6.44. The summed E-state index contributed by atoms with van der Waals surface area (Å²) in [4.78, 5) is 0. The molecule has 0 spiro atoms. The molecular weight excluding hydrogens is 246 g/mol. The zero-order valence-corrected chi connectivity index (χ0v) is 11.8. The van der Waals surface area contributed by atoms with E-state index in [0.717, 1.165) is 34.1 Å². The Bertz CT molecular complexity index is 573. The highest BCUT2D eigenvalue weighted by Gasteiger charge is 2.12. The summed E-state index contributed by atoms with van der Waals surface area (Å²) in [6, 6.07) is 5.99. The summed E-state index contributed by atoms with van der Waals surface area (Å²) >= 11 is 6.16. The molecule has 4 heteroatoms. The number of rotatable bonds is 3. The number of aromatic nitrogens is 2. The Morgan fingerprint density at radius 2 is 2.00 bits per heavy atom. The number of hydrogen-bond acceptors (Lipinski definition) is 2. The third kappa shape index (κ3) is 2.28. The zero-order valence-electron chi connectivity index (χ0n) is 11.0. The molecular formula is C14H18ClN3. The second-order valence-corrected chi connectivity index (χ2v) is 4.94. The van der Waals surface area contributed by atoms with E-state index < -0.39 is 0 Å². The molecule has 0 fully saturated rings. The van der Waals surface area contributed by atoms with Crippen molar-refractivity contribution in [2.75, 3.05) is 6.54 Å². The van der Waals surface area contributed by atoms with E-state index in [9.17, 15) is 0 Å². The molecule has 2 rings (SSSR count). The first-order valence-electron chi connectivity index (χ1n) is 6.06. The van der Waals surface area contributed by atoms with Crippen molar-refractivity contribution in [3.63, 3.8) is 0 Å². The van der Waals surface area contributed by atoms with Crippen LogP contribution in [0.4, 0.5) is 0 Å². The van der Waals surface area contributed by atoms with Gasteiger partial charge in [-0.15, -0.1) is 0 Å². The van der Waals surface area contributed by atoms with Crippen LogP contribution in [0.25, 0.3) is 5.69 Å². The van der Waals surface area contributed by atoms with Crippen molar-refractivity contribution < 1.29 is 0 Å². The van der Waals surface area contributed by atoms with Crippen molar-refractivity contribution in [3.05, 3.63) is 45.7 Å². The Morgan fingerprint density at radius 3 is 2.61 bits per heavy atom. The molecule has 96 valence electrons. The van der Waals surface area contributed by atoms with Crippen LogP contribution in [0.2, 0.25) is 5.02 Å². The third-order valence-corrected chi connectivity index (χ3v) is 3.64. The molecule has 1 aromatic heterocycles. The van der Waals surface area contributed by atoms with Gasteiger partial charge in [-0.2, -0.15) is 5.10 Å². The largest absolute Gasteiger partial charge is 0.330 e. The van der Waals surface area contributed by atoms with Crippen molar-refractivity contribution >= 4 is 11.6 Å². The zero-order chi connectivity index (χ0) is 13.3. The molecule has 3 nitrogen and oxygen atoms in total. The minimum Gasteiger partial charge on any atom is -0.330 e. The van der Waals surface area contributed by atoms with E-state index in [2.05, 4.69) is 12.0 Å². The summed E-state index contributed by atoms with van der Waals surface area (Å²) in [6.07, 6.45) is 0.858. The fourth-order valence-corrected chi connectivity index (χ4v) is 2.32. The van der Waals surface area contributed by atoms with Crippen LogP contribution in [0.5, 0.6) is 0 Å². The van der Waals surface area contributed by atoms with Crippen molar-refractivity contribution in [1.29, 1.82) is 0 Å². The Kier molecular flexibility index (Phi) is 3.73. The normalized spacial score (nSPS) is 10.9. The smallest absolute Gasteiger partial charge is 0.0663 e. The third-order valence-electron chi connectivity index (χ3n) is 3.24. The molecule has 2 aromatic rings. The summed E-state index contributed by atoms with van der Waals surface area (Å²) in [5, 5.41) is 5.34. The quantitative estimate of drug-likeness (QED) is 0.925. The lowest BCUT2D eigenvalue weighted by Gasteiger charge is -2.07. The fraction of sp³-hybridized carbons (Fsp3) is 0.357. The van der Waals surface area contributed by atoms with E-state index in [1.165, 1.54) is 5.56 Å². The van der Waals surface area contributed by atoms with E-state index in [4.69, 9.17) is 17.3 Å². The van der Waals surface area contributed by atoms with E-state index in [1.54, 1.807) is 0 Å². The molecule has 0 aliphatic heterocycles. The minimum absolute atomic E-state index is 0.641. The van der Waals surface area contributed by atoms with Gasteiger partial charge in [0.1, 0.15) is 0 Å². The Morgan fingerprint density at radius 1 is 1.28 bits per heavy atom. The number of nitrogens with zero attached hydrogens (tertiary/aromatic N) is 2. The fourth-order valence-electron chi connectivity index (χ4n) is 2.15. The maximum Gasteiger partial charge on any atom is 0.0663 e. The van der Waals surface area contributed by atoms with E-state index in [1.807, 2.05) is 36.7 Å². The van der Waals surface area contributed by atoms with E-state index in [-0.39, 0.29) is 0 Å².